The number of likely N-dealkylation sites (N-methyl/N-ethyl adjacent to an activating group) is 1. The number of ether oxygens (including phenoxy) is 2. The molecule has 0 bridgehead atoms. The van der Waals surface area contributed by atoms with Crippen molar-refractivity contribution in [2.45, 2.75) is 94.8 Å². The highest BCUT2D eigenvalue weighted by Gasteiger charge is 2.28. The Hall–Kier alpha value is -3.82. The van der Waals surface area contributed by atoms with Gasteiger partial charge < -0.3 is 23.9 Å². The minimum absolute atomic E-state index is 0.0929. The van der Waals surface area contributed by atoms with Gasteiger partial charge in [0.15, 0.2) is 0 Å². The maximum Gasteiger partial charge on any atom is 0.636 e. The van der Waals surface area contributed by atoms with Crippen molar-refractivity contribution >= 4 is 25.0 Å². The van der Waals surface area contributed by atoms with Crippen LogP contribution in [0.4, 0.5) is 0 Å². The number of rotatable bonds is 15. The van der Waals surface area contributed by atoms with Crippen LogP contribution in [0.2, 0.25) is 0 Å². The largest absolute Gasteiger partial charge is 0.636 e. The van der Waals surface area contributed by atoms with Crippen molar-refractivity contribution in [1.29, 1.82) is 0 Å². The molecule has 0 aliphatic heterocycles. The average molecular weight is 652 g/mol. The summed E-state index contributed by atoms with van der Waals surface area (Å²) in [5.41, 5.74) is 5.09. The lowest BCUT2D eigenvalue weighted by Crippen LogP contribution is -2.41. The molecule has 0 heterocycles. The van der Waals surface area contributed by atoms with Crippen LogP contribution in [0.5, 0.6) is 11.5 Å². The van der Waals surface area contributed by atoms with E-state index in [2.05, 4.69) is 25.1 Å². The summed E-state index contributed by atoms with van der Waals surface area (Å²) >= 11 is 0. The molecule has 260 valence electrons. The van der Waals surface area contributed by atoms with E-state index >= 15 is 0 Å². The maximum absolute atomic E-state index is 12.2. The quantitative estimate of drug-likeness (QED) is 0.133. The highest BCUT2D eigenvalue weighted by Crippen LogP contribution is 2.31. The topological polar surface area (TPSA) is 94.5 Å². The van der Waals surface area contributed by atoms with E-state index in [1.165, 1.54) is 0 Å². The fourth-order valence-corrected chi connectivity index (χ4v) is 4.10. The van der Waals surface area contributed by atoms with Gasteiger partial charge in [0.25, 0.3) is 6.47 Å². The molecule has 0 amide bonds. The van der Waals surface area contributed by atoms with Gasteiger partial charge in [-0.15, -0.1) is 0 Å². The van der Waals surface area contributed by atoms with Crippen molar-refractivity contribution in [2.24, 2.45) is 0 Å². The summed E-state index contributed by atoms with van der Waals surface area (Å²) in [5.74, 6) is 0.961. The van der Waals surface area contributed by atoms with Crippen molar-refractivity contribution in [3.05, 3.63) is 77.4 Å². The molecule has 0 spiro atoms. The van der Waals surface area contributed by atoms with E-state index in [9.17, 15) is 14.7 Å². The van der Waals surface area contributed by atoms with Gasteiger partial charge in [-0.1, -0.05) is 78.8 Å². The summed E-state index contributed by atoms with van der Waals surface area (Å²) in [6.07, 6.45) is 0.551. The first-order chi connectivity index (χ1) is 22.5. The SMILES string of the molecule is CC.CC.CC.CCN(C)CC(=O)OB(OC=O)c1ccc(OCc2cccc(-c3cc(C)c(OCCC(C)(C)O)cc3C)c2)cc1. The van der Waals surface area contributed by atoms with Crippen molar-refractivity contribution in [1.82, 2.24) is 4.90 Å². The van der Waals surface area contributed by atoms with E-state index in [4.69, 9.17) is 18.8 Å². The number of benzene rings is 3. The average Bonchev–Trinajstić information content (AvgIpc) is 3.07. The van der Waals surface area contributed by atoms with Crippen molar-refractivity contribution in [3.8, 4) is 22.6 Å². The second kappa shape index (κ2) is 23.5. The first-order valence-corrected chi connectivity index (χ1v) is 16.7. The molecular weight excluding hydrogens is 593 g/mol. The number of carbonyl (C=O) groups is 2. The molecule has 47 heavy (non-hydrogen) atoms. The summed E-state index contributed by atoms with van der Waals surface area (Å²) in [5, 5.41) is 9.94. The van der Waals surface area contributed by atoms with E-state index in [1.54, 1.807) is 50.1 Å². The molecule has 0 atom stereocenters. The van der Waals surface area contributed by atoms with Crippen molar-refractivity contribution in [3.63, 3.8) is 0 Å². The first kappa shape index (κ1) is 43.2. The van der Waals surface area contributed by atoms with Gasteiger partial charge in [0, 0.05) is 11.9 Å². The number of aryl methyl sites for hydroxylation is 2. The van der Waals surface area contributed by atoms with Crippen LogP contribution < -0.4 is 14.9 Å². The van der Waals surface area contributed by atoms with Crippen LogP contribution in [0, 0.1) is 13.8 Å². The van der Waals surface area contributed by atoms with Crippen LogP contribution >= 0.6 is 0 Å². The summed E-state index contributed by atoms with van der Waals surface area (Å²) < 4.78 is 22.3. The third kappa shape index (κ3) is 16.0. The molecule has 0 unspecified atom stereocenters. The molecule has 3 rings (SSSR count). The minimum atomic E-state index is -1.12. The van der Waals surface area contributed by atoms with Gasteiger partial charge in [-0.05, 0) is 99.4 Å². The molecule has 1 N–H and O–H groups in total. The predicted molar refractivity (Wildman–Crippen MR) is 194 cm³/mol. The fourth-order valence-electron chi connectivity index (χ4n) is 4.10. The van der Waals surface area contributed by atoms with E-state index in [0.717, 1.165) is 33.6 Å². The van der Waals surface area contributed by atoms with Gasteiger partial charge in [0.2, 0.25) is 0 Å². The monoisotopic (exact) mass is 651 g/mol. The van der Waals surface area contributed by atoms with E-state index in [-0.39, 0.29) is 13.0 Å². The number of aliphatic hydroxyl groups is 1. The van der Waals surface area contributed by atoms with Crippen LogP contribution in [-0.4, -0.2) is 61.9 Å². The van der Waals surface area contributed by atoms with Gasteiger partial charge in [0.05, 0.1) is 18.8 Å². The first-order valence-electron chi connectivity index (χ1n) is 16.7. The van der Waals surface area contributed by atoms with Gasteiger partial charge in [-0.2, -0.15) is 0 Å². The molecule has 0 fully saturated rings. The molecular formula is C38H58BNO7. The molecule has 0 saturated heterocycles. The second-order valence-corrected chi connectivity index (χ2v) is 10.8. The zero-order chi connectivity index (χ0) is 36.0. The molecule has 0 aliphatic carbocycles. The van der Waals surface area contributed by atoms with Gasteiger partial charge in [0.1, 0.15) is 18.1 Å². The number of nitrogens with zero attached hydrogens (tertiary/aromatic N) is 1. The zero-order valence-corrected chi connectivity index (χ0v) is 30.8. The fraction of sp³-hybridized carbons (Fsp3) is 0.474. The number of hydrogen-bond acceptors (Lipinski definition) is 8. The lowest BCUT2D eigenvalue weighted by molar-refractivity contribution is -0.137. The third-order valence-electron chi connectivity index (χ3n) is 6.65. The molecule has 0 saturated carbocycles. The van der Waals surface area contributed by atoms with Crippen LogP contribution in [0.1, 0.15) is 85.4 Å². The lowest BCUT2D eigenvalue weighted by atomic mass is 9.79. The van der Waals surface area contributed by atoms with Crippen LogP contribution in [0.15, 0.2) is 60.7 Å². The number of hydrogen-bond donors (Lipinski definition) is 1. The van der Waals surface area contributed by atoms with E-state index in [1.807, 2.05) is 73.6 Å². The smallest absolute Gasteiger partial charge is 0.498 e. The highest BCUT2D eigenvalue weighted by atomic mass is 16.6. The molecule has 0 aliphatic rings. The Morgan fingerprint density at radius 1 is 0.915 bits per heavy atom. The van der Waals surface area contributed by atoms with E-state index in [0.29, 0.717) is 37.4 Å². The standard InChI is InChI=1S/C32H40BNO7.3C2H6/c1-7-34(6)20-31(36)41-33(40-22-35)27-11-13-28(14-12-27)39-21-25-9-8-10-26(19-25)29-17-24(3)30(18-23(29)2)38-16-15-32(4,5)37;3*1-2/h8-14,17-19,22,37H,7,15-16,20-21H2,1-6H3;3*1-2H3. The van der Waals surface area contributed by atoms with Gasteiger partial charge >= 0.3 is 13.1 Å². The van der Waals surface area contributed by atoms with Crippen LogP contribution in [0.25, 0.3) is 11.1 Å². The molecule has 3 aromatic rings. The summed E-state index contributed by atoms with van der Waals surface area (Å²) in [7, 11) is 0.676. The normalized spacial score (nSPS) is 10.2. The Morgan fingerprint density at radius 2 is 1.55 bits per heavy atom. The minimum Gasteiger partial charge on any atom is -0.498 e. The second-order valence-electron chi connectivity index (χ2n) is 10.8. The molecule has 0 radical (unpaired) electrons. The number of carbonyl (C=O) groups excluding carboxylic acids is 2. The van der Waals surface area contributed by atoms with Gasteiger partial charge in [-0.25, -0.2) is 0 Å². The maximum atomic E-state index is 12.2. The lowest BCUT2D eigenvalue weighted by Gasteiger charge is -2.19. The molecule has 0 aromatic heterocycles. The summed E-state index contributed by atoms with van der Waals surface area (Å²) in [4.78, 5) is 24.9. The van der Waals surface area contributed by atoms with Crippen molar-refractivity contribution < 1.29 is 33.5 Å². The van der Waals surface area contributed by atoms with Crippen LogP contribution in [0.3, 0.4) is 0 Å². The predicted octanol–water partition coefficient (Wildman–Crippen LogP) is 7.53. The molecule has 9 heteroatoms. The highest BCUT2D eigenvalue weighted by molar-refractivity contribution is 6.63. The van der Waals surface area contributed by atoms with Gasteiger partial charge in [-0.3, -0.25) is 14.5 Å². The van der Waals surface area contributed by atoms with Crippen LogP contribution in [-0.2, 0) is 25.5 Å². The Bertz CT molecular complexity index is 1310. The summed E-state index contributed by atoms with van der Waals surface area (Å²) in [6, 6.07) is 19.3. The van der Waals surface area contributed by atoms with E-state index < -0.39 is 18.7 Å². The Balaban J connectivity index is 0.00000333. The third-order valence-corrected chi connectivity index (χ3v) is 6.65. The molecule has 8 nitrogen and oxygen atoms in total. The van der Waals surface area contributed by atoms with Crippen molar-refractivity contribution in [2.75, 3.05) is 26.7 Å². The Labute approximate surface area is 284 Å². The molecule has 3 aromatic carbocycles. The Kier molecular flexibility index (Phi) is 21.6. The zero-order valence-electron chi connectivity index (χ0n) is 30.8. The summed E-state index contributed by atoms with van der Waals surface area (Å²) in [6.45, 7) is 23.4. The Morgan fingerprint density at radius 3 is 2.13 bits per heavy atom.